The van der Waals surface area contributed by atoms with Crippen molar-refractivity contribution >= 4 is 29.5 Å². The van der Waals surface area contributed by atoms with E-state index in [1.165, 1.54) is 0 Å². The monoisotopic (exact) mass is 327 g/mol. The molecule has 0 saturated carbocycles. The number of thioether (sulfide) groups is 1. The molecule has 0 spiro atoms. The summed E-state index contributed by atoms with van der Waals surface area (Å²) in [6.07, 6.45) is 2.02. The first-order valence-electron chi connectivity index (χ1n) is 7.37. The van der Waals surface area contributed by atoms with Crippen LogP contribution in [0.4, 0.5) is 0 Å². The van der Waals surface area contributed by atoms with Gasteiger partial charge in [0.1, 0.15) is 0 Å². The molecule has 1 atom stereocenters. The van der Waals surface area contributed by atoms with Crippen molar-refractivity contribution in [1.29, 1.82) is 0 Å². The molecule has 0 aromatic rings. The van der Waals surface area contributed by atoms with Crippen LogP contribution < -0.4 is 0 Å². The molecule has 22 heavy (non-hydrogen) atoms. The molecule has 0 fully saturated rings. The molecule has 1 unspecified atom stereocenters. The van der Waals surface area contributed by atoms with Gasteiger partial charge in [-0.25, -0.2) is 0 Å². The fourth-order valence-electron chi connectivity index (χ4n) is 1.60. The molecular weight excluding hydrogens is 298 g/mol. The van der Waals surface area contributed by atoms with Gasteiger partial charge in [0.05, 0.1) is 23.1 Å². The molecule has 0 rings (SSSR count). The Morgan fingerprint density at radius 2 is 2.05 bits per heavy atom. The van der Waals surface area contributed by atoms with Crippen molar-refractivity contribution in [3.05, 3.63) is 11.8 Å². The highest BCUT2D eigenvalue weighted by Gasteiger charge is 2.29. The molecule has 0 aromatic heterocycles. The van der Waals surface area contributed by atoms with Gasteiger partial charge in [0.25, 0.3) is 0 Å². The van der Waals surface area contributed by atoms with Crippen LogP contribution in [0.2, 0.25) is 0 Å². The molecule has 0 amide bonds. The normalized spacial score (nSPS) is 14.5. The number of ether oxygens (including phenoxy) is 1. The smallest absolute Gasteiger partial charge is 0.312 e. The highest BCUT2D eigenvalue weighted by Crippen LogP contribution is 2.24. The van der Waals surface area contributed by atoms with E-state index in [2.05, 4.69) is 16.8 Å². The molecule has 0 N–H and O–H groups in total. The number of carbonyl (C=O) groups excluding carboxylic acids is 1. The summed E-state index contributed by atoms with van der Waals surface area (Å²) in [7, 11) is 1.85. The second-order valence-electron chi connectivity index (χ2n) is 5.75. The summed E-state index contributed by atoms with van der Waals surface area (Å²) >= 11 is 1.58. The number of aliphatic imine (C=N–C) groups is 1. The first-order valence-corrected chi connectivity index (χ1v) is 8.35. The highest BCUT2D eigenvalue weighted by molar-refractivity contribution is 8.13. The molecule has 0 aliphatic rings. The van der Waals surface area contributed by atoms with Crippen LogP contribution in [0.15, 0.2) is 21.9 Å². The third-order valence-corrected chi connectivity index (χ3v) is 4.45. The molecule has 126 valence electrons. The van der Waals surface area contributed by atoms with Gasteiger partial charge in [0, 0.05) is 25.2 Å². The second-order valence-corrected chi connectivity index (χ2v) is 6.92. The maximum absolute atomic E-state index is 11.8. The van der Waals surface area contributed by atoms with Crippen molar-refractivity contribution in [2.45, 2.75) is 47.6 Å². The van der Waals surface area contributed by atoms with Crippen LogP contribution in [0.5, 0.6) is 0 Å². The van der Waals surface area contributed by atoms with Crippen LogP contribution >= 0.6 is 11.8 Å². The molecule has 0 radical (unpaired) electrons. The zero-order chi connectivity index (χ0) is 17.3. The van der Waals surface area contributed by atoms with E-state index < -0.39 is 5.41 Å². The molecule has 6 heteroatoms. The van der Waals surface area contributed by atoms with E-state index in [0.717, 1.165) is 10.7 Å². The van der Waals surface area contributed by atoms with Gasteiger partial charge >= 0.3 is 5.97 Å². The van der Waals surface area contributed by atoms with Gasteiger partial charge < -0.3 is 4.74 Å². The van der Waals surface area contributed by atoms with Gasteiger partial charge in [0.2, 0.25) is 0 Å². The van der Waals surface area contributed by atoms with E-state index in [1.807, 2.05) is 54.7 Å². The van der Waals surface area contributed by atoms with Crippen LogP contribution in [-0.4, -0.2) is 48.2 Å². The van der Waals surface area contributed by atoms with Crippen LogP contribution in [0.1, 0.15) is 41.5 Å². The van der Waals surface area contributed by atoms with E-state index >= 15 is 0 Å². The Hall–Kier alpha value is -1.30. The first kappa shape index (κ1) is 20.7. The standard InChI is InChI=1S/C16H29N3O2S/c1-9-21-15(20)16(5,6)11-22-14(4)18-12(2)10-13(3)19(8)17-7/h10,12H,7,9,11H2,1-6,8H3/b13-10?,18-14+. The lowest BCUT2D eigenvalue weighted by molar-refractivity contribution is -0.152. The fourth-order valence-corrected chi connectivity index (χ4v) is 2.53. The van der Waals surface area contributed by atoms with Crippen molar-refractivity contribution < 1.29 is 9.53 Å². The average Bonchev–Trinajstić information content (AvgIpc) is 2.44. The van der Waals surface area contributed by atoms with E-state index in [4.69, 9.17) is 4.74 Å². The van der Waals surface area contributed by atoms with Gasteiger partial charge in [-0.3, -0.25) is 14.8 Å². The number of hydrazone groups is 1. The van der Waals surface area contributed by atoms with Crippen molar-refractivity contribution in [3.63, 3.8) is 0 Å². The Bertz CT molecular complexity index is 445. The Morgan fingerprint density at radius 3 is 2.55 bits per heavy atom. The highest BCUT2D eigenvalue weighted by atomic mass is 32.2. The zero-order valence-corrected chi connectivity index (χ0v) is 15.7. The summed E-state index contributed by atoms with van der Waals surface area (Å²) in [4.78, 5) is 16.5. The minimum atomic E-state index is -0.514. The topological polar surface area (TPSA) is 54.3 Å². The van der Waals surface area contributed by atoms with Crippen LogP contribution in [-0.2, 0) is 9.53 Å². The molecule has 0 heterocycles. The third-order valence-electron chi connectivity index (χ3n) is 3.06. The number of rotatable bonds is 8. The summed E-state index contributed by atoms with van der Waals surface area (Å²) in [6, 6.07) is 0.0439. The quantitative estimate of drug-likeness (QED) is 0.296. The minimum Gasteiger partial charge on any atom is -0.466 e. The lowest BCUT2D eigenvalue weighted by atomic mass is 9.97. The average molecular weight is 327 g/mol. The summed E-state index contributed by atoms with van der Waals surface area (Å²) in [5, 5.41) is 6.49. The Balaban J connectivity index is 4.62. The van der Waals surface area contributed by atoms with Gasteiger partial charge in [-0.2, -0.15) is 5.10 Å². The maximum Gasteiger partial charge on any atom is 0.312 e. The van der Waals surface area contributed by atoms with Crippen LogP contribution in [0.3, 0.4) is 0 Å². The van der Waals surface area contributed by atoms with Gasteiger partial charge in [-0.15, -0.1) is 11.8 Å². The van der Waals surface area contributed by atoms with Crippen LogP contribution in [0.25, 0.3) is 0 Å². The molecule has 0 bridgehead atoms. The number of carbonyl (C=O) groups is 1. The predicted octanol–water partition coefficient (Wildman–Crippen LogP) is 3.57. The molecule has 0 saturated heterocycles. The lowest BCUT2D eigenvalue weighted by Gasteiger charge is -2.21. The molecule has 0 aromatic carbocycles. The number of esters is 1. The number of hydrogen-bond donors (Lipinski definition) is 0. The summed E-state index contributed by atoms with van der Waals surface area (Å²) in [5.74, 6) is 0.475. The van der Waals surface area contributed by atoms with Gasteiger partial charge in [0.15, 0.2) is 0 Å². The third kappa shape index (κ3) is 7.64. The lowest BCUT2D eigenvalue weighted by Crippen LogP contribution is -2.29. The van der Waals surface area contributed by atoms with Gasteiger partial charge in [-0.05, 0) is 47.6 Å². The fraction of sp³-hybridized carbons (Fsp3) is 0.688. The summed E-state index contributed by atoms with van der Waals surface area (Å²) in [6.45, 7) is 15.4. The summed E-state index contributed by atoms with van der Waals surface area (Å²) < 4.78 is 5.09. The number of allylic oxidation sites excluding steroid dienone is 1. The number of nitrogens with zero attached hydrogens (tertiary/aromatic N) is 3. The van der Waals surface area contributed by atoms with Crippen LogP contribution in [0, 0.1) is 5.41 Å². The van der Waals surface area contributed by atoms with Gasteiger partial charge in [-0.1, -0.05) is 0 Å². The number of hydrogen-bond acceptors (Lipinski definition) is 6. The predicted molar refractivity (Wildman–Crippen MR) is 96.5 cm³/mol. The Kier molecular flexibility index (Phi) is 9.09. The Morgan fingerprint density at radius 1 is 1.45 bits per heavy atom. The maximum atomic E-state index is 11.8. The van der Waals surface area contributed by atoms with Crippen molar-refractivity contribution in [2.24, 2.45) is 15.5 Å². The van der Waals surface area contributed by atoms with E-state index in [0.29, 0.717) is 12.4 Å². The largest absolute Gasteiger partial charge is 0.466 e. The van der Waals surface area contributed by atoms with E-state index in [1.54, 1.807) is 16.8 Å². The zero-order valence-electron chi connectivity index (χ0n) is 14.8. The van der Waals surface area contributed by atoms with E-state index in [9.17, 15) is 4.79 Å². The molecule has 0 aliphatic heterocycles. The first-order chi connectivity index (χ1) is 10.1. The van der Waals surface area contributed by atoms with E-state index in [-0.39, 0.29) is 12.0 Å². The summed E-state index contributed by atoms with van der Waals surface area (Å²) in [5.41, 5.74) is 0.482. The van der Waals surface area contributed by atoms with Crippen molar-refractivity contribution in [1.82, 2.24) is 5.01 Å². The Labute approximate surface area is 138 Å². The molecule has 5 nitrogen and oxygen atoms in total. The second kappa shape index (κ2) is 9.66. The SMILES string of the molecule is C=NN(C)C(C)=CC(C)/N=C(\C)SCC(C)(C)C(=O)OCC. The molecular formula is C16H29N3O2S. The molecule has 0 aliphatic carbocycles. The van der Waals surface area contributed by atoms with Crippen molar-refractivity contribution in [3.8, 4) is 0 Å². The van der Waals surface area contributed by atoms with Crippen molar-refractivity contribution in [2.75, 3.05) is 19.4 Å². The minimum absolute atomic E-state index is 0.0439.